The maximum absolute atomic E-state index is 4.54. The fraction of sp³-hybridized carbons (Fsp3) is 0.667. The lowest BCUT2D eigenvalue weighted by Gasteiger charge is -2.13. The largest absolute Gasteiger partial charge is 0.359 e. The summed E-state index contributed by atoms with van der Waals surface area (Å²) in [5, 5.41) is 1.20. The van der Waals surface area contributed by atoms with E-state index < -0.39 is 0 Å². The molecule has 0 bridgehead atoms. The Kier molecular flexibility index (Phi) is 2.05. The van der Waals surface area contributed by atoms with Gasteiger partial charge in [-0.2, -0.15) is 0 Å². The first-order chi connectivity index (χ1) is 5.77. The summed E-state index contributed by atoms with van der Waals surface area (Å²) < 4.78 is 0. The molecular formula is C9H14N2S. The van der Waals surface area contributed by atoms with Crippen LogP contribution in [0.4, 0.5) is 5.82 Å². The van der Waals surface area contributed by atoms with E-state index in [1.54, 1.807) is 0 Å². The fourth-order valence-electron chi connectivity index (χ4n) is 1.66. The van der Waals surface area contributed by atoms with E-state index in [9.17, 15) is 0 Å². The Hall–Kier alpha value is -0.570. The lowest BCUT2D eigenvalue weighted by atomic mass is 10.2. The minimum absolute atomic E-state index is 1.16. The quantitative estimate of drug-likeness (QED) is 0.611. The van der Waals surface area contributed by atoms with Gasteiger partial charge in [-0.1, -0.05) is 0 Å². The smallest absolute Gasteiger partial charge is 0.142 e. The average Bonchev–Trinajstić information content (AvgIpc) is 2.33. The summed E-state index contributed by atoms with van der Waals surface area (Å²) in [6, 6.07) is 0. The van der Waals surface area contributed by atoms with Crippen LogP contribution in [0.2, 0.25) is 0 Å². The number of hydrogen-bond acceptors (Lipinski definition) is 3. The van der Waals surface area contributed by atoms with Gasteiger partial charge in [-0.3, -0.25) is 0 Å². The van der Waals surface area contributed by atoms with Crippen molar-refractivity contribution in [3.05, 3.63) is 9.88 Å². The van der Waals surface area contributed by atoms with Gasteiger partial charge in [0.1, 0.15) is 5.82 Å². The van der Waals surface area contributed by atoms with Crippen LogP contribution in [0.15, 0.2) is 0 Å². The molecule has 3 heteroatoms. The second-order valence-electron chi connectivity index (χ2n) is 3.36. The molecule has 1 aromatic rings. The van der Waals surface area contributed by atoms with Crippen LogP contribution < -0.4 is 4.90 Å². The van der Waals surface area contributed by atoms with E-state index in [2.05, 4.69) is 23.9 Å². The number of aromatic nitrogens is 1. The van der Waals surface area contributed by atoms with Crippen LogP contribution in [0, 0.1) is 6.92 Å². The highest BCUT2D eigenvalue weighted by molar-refractivity contribution is 7.12. The number of rotatable bonds is 0. The Balaban J connectivity index is 2.38. The maximum Gasteiger partial charge on any atom is 0.142 e. The zero-order valence-electron chi connectivity index (χ0n) is 7.63. The first kappa shape index (κ1) is 8.05. The molecule has 0 spiro atoms. The molecule has 1 aliphatic rings. The Morgan fingerprint density at radius 2 is 2.25 bits per heavy atom. The van der Waals surface area contributed by atoms with E-state index in [1.807, 2.05) is 11.3 Å². The molecule has 0 N–H and O–H groups in total. The van der Waals surface area contributed by atoms with Crippen LogP contribution in [-0.4, -0.2) is 18.6 Å². The molecule has 0 aromatic carbocycles. The van der Waals surface area contributed by atoms with Crippen LogP contribution in [0.5, 0.6) is 0 Å². The van der Waals surface area contributed by atoms with Crippen molar-refractivity contribution in [3.63, 3.8) is 0 Å². The summed E-state index contributed by atoms with van der Waals surface area (Å²) >= 11 is 1.85. The van der Waals surface area contributed by atoms with Gasteiger partial charge in [-0.25, -0.2) is 4.98 Å². The number of fused-ring (bicyclic) bond motifs is 1. The lowest BCUT2D eigenvalue weighted by Crippen LogP contribution is -2.17. The molecule has 2 heterocycles. The van der Waals surface area contributed by atoms with Crippen molar-refractivity contribution in [1.29, 1.82) is 0 Å². The number of hydrogen-bond donors (Lipinski definition) is 0. The summed E-state index contributed by atoms with van der Waals surface area (Å²) in [6.45, 7) is 3.25. The Morgan fingerprint density at radius 1 is 1.42 bits per heavy atom. The number of thiazole rings is 1. The van der Waals surface area contributed by atoms with E-state index >= 15 is 0 Å². The van der Waals surface area contributed by atoms with Crippen LogP contribution >= 0.6 is 11.3 Å². The first-order valence-electron chi connectivity index (χ1n) is 4.45. The van der Waals surface area contributed by atoms with Crippen LogP contribution in [0.1, 0.15) is 22.7 Å². The molecule has 1 aliphatic heterocycles. The van der Waals surface area contributed by atoms with Crippen molar-refractivity contribution in [2.75, 3.05) is 18.5 Å². The molecule has 2 rings (SSSR count). The number of anilines is 1. The van der Waals surface area contributed by atoms with E-state index in [1.165, 1.54) is 35.0 Å². The summed E-state index contributed by atoms with van der Waals surface area (Å²) in [5.74, 6) is 1.23. The van der Waals surface area contributed by atoms with E-state index in [4.69, 9.17) is 0 Å². The molecule has 0 unspecified atom stereocenters. The second-order valence-corrected chi connectivity index (χ2v) is 4.65. The van der Waals surface area contributed by atoms with Gasteiger partial charge in [-0.05, 0) is 26.2 Å². The highest BCUT2D eigenvalue weighted by Gasteiger charge is 2.15. The van der Waals surface area contributed by atoms with Crippen molar-refractivity contribution in [3.8, 4) is 0 Å². The third-order valence-electron chi connectivity index (χ3n) is 2.29. The second kappa shape index (κ2) is 3.05. The van der Waals surface area contributed by atoms with Gasteiger partial charge in [-0.15, -0.1) is 11.3 Å². The lowest BCUT2D eigenvalue weighted by molar-refractivity contribution is 0.749. The van der Waals surface area contributed by atoms with Gasteiger partial charge in [0.2, 0.25) is 0 Å². The highest BCUT2D eigenvalue weighted by atomic mass is 32.1. The molecule has 0 atom stereocenters. The van der Waals surface area contributed by atoms with Gasteiger partial charge < -0.3 is 4.90 Å². The zero-order chi connectivity index (χ0) is 8.55. The van der Waals surface area contributed by atoms with E-state index in [0.29, 0.717) is 0 Å². The number of aryl methyl sites for hydroxylation is 2. The SMILES string of the molecule is Cc1nc2c(s1)CCCCN2C. The predicted molar refractivity (Wildman–Crippen MR) is 53.1 cm³/mol. The highest BCUT2D eigenvalue weighted by Crippen LogP contribution is 2.29. The Labute approximate surface area is 77.2 Å². The molecule has 2 nitrogen and oxygen atoms in total. The maximum atomic E-state index is 4.54. The minimum Gasteiger partial charge on any atom is -0.359 e. The monoisotopic (exact) mass is 182 g/mol. The van der Waals surface area contributed by atoms with Crippen molar-refractivity contribution >= 4 is 17.2 Å². The van der Waals surface area contributed by atoms with Crippen molar-refractivity contribution < 1.29 is 0 Å². The fourth-order valence-corrected chi connectivity index (χ4v) is 2.69. The molecule has 0 amide bonds. The Morgan fingerprint density at radius 3 is 3.08 bits per heavy atom. The van der Waals surface area contributed by atoms with Crippen molar-refractivity contribution in [2.45, 2.75) is 26.2 Å². The molecule has 0 aliphatic carbocycles. The van der Waals surface area contributed by atoms with Crippen LogP contribution in [-0.2, 0) is 6.42 Å². The molecule has 66 valence electrons. The van der Waals surface area contributed by atoms with E-state index in [0.717, 1.165) is 6.54 Å². The standard InChI is InChI=1S/C9H14N2S/c1-7-10-9-8(12-7)5-3-4-6-11(9)2/h3-6H2,1-2H3. The Bertz CT molecular complexity index is 280. The molecule has 0 saturated carbocycles. The molecule has 1 aromatic heterocycles. The molecule has 0 saturated heterocycles. The summed E-state index contributed by atoms with van der Waals surface area (Å²) in [6.07, 6.45) is 3.85. The summed E-state index contributed by atoms with van der Waals surface area (Å²) in [7, 11) is 2.14. The average molecular weight is 182 g/mol. The van der Waals surface area contributed by atoms with Gasteiger partial charge in [0.05, 0.1) is 5.01 Å². The summed E-state index contributed by atoms with van der Waals surface area (Å²) in [4.78, 5) is 8.30. The predicted octanol–water partition coefficient (Wildman–Crippen LogP) is 2.22. The molecule has 0 radical (unpaired) electrons. The zero-order valence-corrected chi connectivity index (χ0v) is 8.45. The normalized spacial score (nSPS) is 17.3. The third kappa shape index (κ3) is 1.33. The van der Waals surface area contributed by atoms with Gasteiger partial charge in [0.15, 0.2) is 0 Å². The van der Waals surface area contributed by atoms with Crippen molar-refractivity contribution in [2.24, 2.45) is 0 Å². The minimum atomic E-state index is 1.16. The van der Waals surface area contributed by atoms with Crippen molar-refractivity contribution in [1.82, 2.24) is 4.98 Å². The molecule has 0 fully saturated rings. The van der Waals surface area contributed by atoms with Crippen LogP contribution in [0.3, 0.4) is 0 Å². The van der Waals surface area contributed by atoms with E-state index in [-0.39, 0.29) is 0 Å². The first-order valence-corrected chi connectivity index (χ1v) is 5.26. The summed E-state index contributed by atoms with van der Waals surface area (Å²) in [5.41, 5.74) is 0. The molecule has 12 heavy (non-hydrogen) atoms. The van der Waals surface area contributed by atoms with Crippen LogP contribution in [0.25, 0.3) is 0 Å². The van der Waals surface area contributed by atoms with Gasteiger partial charge in [0.25, 0.3) is 0 Å². The van der Waals surface area contributed by atoms with Gasteiger partial charge >= 0.3 is 0 Å². The molecular weight excluding hydrogens is 168 g/mol. The third-order valence-corrected chi connectivity index (χ3v) is 3.31. The number of nitrogens with zero attached hydrogens (tertiary/aromatic N) is 2. The topological polar surface area (TPSA) is 16.1 Å². The van der Waals surface area contributed by atoms with Gasteiger partial charge in [0, 0.05) is 18.5 Å².